The summed E-state index contributed by atoms with van der Waals surface area (Å²) in [5, 5.41) is 8.58. The second-order valence-electron chi connectivity index (χ2n) is 3.24. The third-order valence-corrected chi connectivity index (χ3v) is 1.52. The van der Waals surface area contributed by atoms with Crippen LogP contribution in [0, 0.1) is 0 Å². The lowest BCUT2D eigenvalue weighted by Gasteiger charge is -2.28. The van der Waals surface area contributed by atoms with Crippen molar-refractivity contribution in [3.63, 3.8) is 0 Å². The van der Waals surface area contributed by atoms with Crippen LogP contribution in [0.25, 0.3) is 0 Å². The molecule has 0 aromatic heterocycles. The first-order valence-electron chi connectivity index (χ1n) is 4.70. The van der Waals surface area contributed by atoms with Crippen LogP contribution in [-0.4, -0.2) is 60.6 Å². The number of likely N-dealkylation sites (N-methyl/N-ethyl adjacent to an activating group) is 1. The molecule has 17 heavy (non-hydrogen) atoms. The minimum Gasteiger partial charge on any atom is -0.394 e. The minimum atomic E-state index is -4.67. The molecular formula is C9H20NO6S+. The van der Waals surface area contributed by atoms with Crippen LogP contribution in [0.5, 0.6) is 0 Å². The maximum absolute atomic E-state index is 8.74. The van der Waals surface area contributed by atoms with Gasteiger partial charge in [-0.1, -0.05) is 13.2 Å². The number of hydrogen-bond donors (Lipinski definition) is 3. The molecule has 0 spiro atoms. The predicted octanol–water partition coefficient (Wildman–Crippen LogP) is 0.0761. The summed E-state index contributed by atoms with van der Waals surface area (Å²) in [6.45, 7) is 9.10. The molecule has 3 N–H and O–H groups in total. The van der Waals surface area contributed by atoms with E-state index in [0.29, 0.717) is 24.3 Å². The van der Waals surface area contributed by atoms with E-state index in [1.54, 1.807) is 12.2 Å². The van der Waals surface area contributed by atoms with Crippen LogP contribution in [0.2, 0.25) is 0 Å². The van der Waals surface area contributed by atoms with Gasteiger partial charge in [0.15, 0.2) is 0 Å². The Morgan fingerprint density at radius 1 is 1.24 bits per heavy atom. The van der Waals surface area contributed by atoms with Crippen LogP contribution in [0.15, 0.2) is 25.3 Å². The molecule has 0 saturated carbocycles. The molecule has 0 bridgehead atoms. The van der Waals surface area contributed by atoms with Gasteiger partial charge in [-0.2, -0.15) is 13.1 Å². The van der Waals surface area contributed by atoms with E-state index >= 15 is 0 Å². The van der Waals surface area contributed by atoms with Gasteiger partial charge in [0, 0.05) is 0 Å². The lowest BCUT2D eigenvalue weighted by Crippen LogP contribution is -2.44. The number of hydroxylamine groups is 3. The number of nitrogens with zero attached hydrogens (tertiary/aromatic N) is 1. The van der Waals surface area contributed by atoms with E-state index in [4.69, 9.17) is 27.5 Å². The molecule has 0 rings (SSSR count). The van der Waals surface area contributed by atoms with Gasteiger partial charge in [0.1, 0.15) is 19.7 Å². The number of hydrogen-bond acceptors (Lipinski definition) is 4. The fourth-order valence-electron chi connectivity index (χ4n) is 0.987. The first-order valence-corrected chi connectivity index (χ1v) is 6.10. The molecule has 0 aromatic rings. The maximum atomic E-state index is 8.74. The summed E-state index contributed by atoms with van der Waals surface area (Å²) >= 11 is 0. The number of aliphatic hydroxyl groups excluding tert-OH is 1. The van der Waals surface area contributed by atoms with Crippen LogP contribution < -0.4 is 0 Å². The van der Waals surface area contributed by atoms with Crippen molar-refractivity contribution >= 4 is 10.4 Å². The number of rotatable bonds is 7. The fourth-order valence-corrected chi connectivity index (χ4v) is 0.987. The van der Waals surface area contributed by atoms with E-state index < -0.39 is 10.4 Å². The fraction of sp³-hybridized carbons (Fsp3) is 0.556. The van der Waals surface area contributed by atoms with E-state index in [1.807, 2.05) is 7.05 Å². The number of aliphatic hydroxyl groups is 1. The molecule has 102 valence electrons. The highest BCUT2D eigenvalue weighted by atomic mass is 32.3. The minimum absolute atomic E-state index is 0.0438. The normalized spacial score (nSPS) is 11.3. The third-order valence-electron chi connectivity index (χ3n) is 1.52. The molecule has 8 heteroatoms. The molecule has 0 heterocycles. The van der Waals surface area contributed by atoms with Gasteiger partial charge in [0.2, 0.25) is 0 Å². The van der Waals surface area contributed by atoms with E-state index in [2.05, 4.69) is 13.2 Å². The SMILES string of the molecule is C=CC[N+](C)(CC=C)OCCO.O=S(=O)(O)O. The summed E-state index contributed by atoms with van der Waals surface area (Å²) in [6.07, 6.45) is 3.59. The molecule has 0 radical (unpaired) electrons. The average molecular weight is 270 g/mol. The predicted molar refractivity (Wildman–Crippen MR) is 63.5 cm³/mol. The second kappa shape index (κ2) is 9.28. The van der Waals surface area contributed by atoms with Crippen molar-refractivity contribution in [1.82, 2.24) is 0 Å². The van der Waals surface area contributed by atoms with Crippen LogP contribution in [0.4, 0.5) is 0 Å². The highest BCUT2D eigenvalue weighted by molar-refractivity contribution is 7.79. The van der Waals surface area contributed by atoms with Gasteiger partial charge in [0.05, 0.1) is 13.7 Å². The summed E-state index contributed by atoms with van der Waals surface area (Å²) in [5.74, 6) is 0. The molecule has 0 atom stereocenters. The highest BCUT2D eigenvalue weighted by Crippen LogP contribution is 2.03. The zero-order valence-corrected chi connectivity index (χ0v) is 10.6. The molecule has 7 nitrogen and oxygen atoms in total. The first-order chi connectivity index (χ1) is 7.68. The Hall–Kier alpha value is -0.770. The van der Waals surface area contributed by atoms with E-state index in [1.165, 1.54) is 0 Å². The molecule has 0 aromatic carbocycles. The Morgan fingerprint density at radius 2 is 1.59 bits per heavy atom. The highest BCUT2D eigenvalue weighted by Gasteiger charge is 2.19. The van der Waals surface area contributed by atoms with Crippen molar-refractivity contribution in [3.8, 4) is 0 Å². The largest absolute Gasteiger partial charge is 0.394 e. The molecule has 0 aliphatic carbocycles. The van der Waals surface area contributed by atoms with Crippen molar-refractivity contribution in [2.75, 3.05) is 33.4 Å². The molecule has 0 amide bonds. The third kappa shape index (κ3) is 17.8. The first kappa shape index (κ1) is 18.6. The number of quaternary nitrogens is 1. The van der Waals surface area contributed by atoms with E-state index in [9.17, 15) is 0 Å². The maximum Gasteiger partial charge on any atom is 0.394 e. The van der Waals surface area contributed by atoms with Crippen molar-refractivity contribution in [1.29, 1.82) is 0 Å². The second-order valence-corrected chi connectivity index (χ2v) is 4.14. The van der Waals surface area contributed by atoms with Gasteiger partial charge in [-0.25, -0.2) is 4.84 Å². The zero-order valence-electron chi connectivity index (χ0n) is 9.82. The monoisotopic (exact) mass is 270 g/mol. The van der Waals surface area contributed by atoms with Gasteiger partial charge in [-0.05, 0) is 12.2 Å². The van der Waals surface area contributed by atoms with Crippen molar-refractivity contribution < 1.29 is 32.1 Å². The van der Waals surface area contributed by atoms with Gasteiger partial charge >= 0.3 is 10.4 Å². The zero-order chi connectivity index (χ0) is 13.9. The van der Waals surface area contributed by atoms with E-state index in [-0.39, 0.29) is 6.61 Å². The molecule has 0 aliphatic rings. The molecule has 0 unspecified atom stereocenters. The molecular weight excluding hydrogens is 250 g/mol. The van der Waals surface area contributed by atoms with Crippen molar-refractivity contribution in [2.24, 2.45) is 0 Å². The van der Waals surface area contributed by atoms with Crippen LogP contribution in [0.3, 0.4) is 0 Å². The summed E-state index contributed by atoms with van der Waals surface area (Å²) < 4.78 is 32.0. The van der Waals surface area contributed by atoms with Crippen molar-refractivity contribution in [3.05, 3.63) is 25.3 Å². The lowest BCUT2D eigenvalue weighted by atomic mass is 10.5. The smallest absolute Gasteiger partial charge is 0.394 e. The standard InChI is InChI=1S/C9H18NO2.H2O4S/c1-4-6-10(3,7-5-2)12-9-8-11;1-5(2,3)4/h4-5,11H,1-2,6-9H2,3H3;(H2,1,2,3,4)/q+1;. The molecule has 0 aliphatic heterocycles. The Bertz CT molecular complexity index is 295. The van der Waals surface area contributed by atoms with E-state index in [0.717, 1.165) is 0 Å². The Balaban J connectivity index is 0. The van der Waals surface area contributed by atoms with Gasteiger partial charge in [-0.15, -0.1) is 0 Å². The summed E-state index contributed by atoms with van der Waals surface area (Å²) in [6, 6.07) is 0. The summed E-state index contributed by atoms with van der Waals surface area (Å²) in [4.78, 5) is 5.40. The van der Waals surface area contributed by atoms with Crippen LogP contribution >= 0.6 is 0 Å². The topological polar surface area (TPSA) is 104 Å². The molecule has 0 saturated heterocycles. The van der Waals surface area contributed by atoms with Gasteiger partial charge in [-0.3, -0.25) is 9.11 Å². The Morgan fingerprint density at radius 3 is 1.82 bits per heavy atom. The van der Waals surface area contributed by atoms with Crippen LogP contribution in [-0.2, 0) is 15.2 Å². The van der Waals surface area contributed by atoms with Gasteiger partial charge < -0.3 is 5.11 Å². The van der Waals surface area contributed by atoms with Crippen LogP contribution in [0.1, 0.15) is 0 Å². The Kier molecular flexibility index (Phi) is 10.1. The quantitative estimate of drug-likeness (QED) is 0.262. The lowest BCUT2D eigenvalue weighted by molar-refractivity contribution is -1.08. The van der Waals surface area contributed by atoms with Crippen molar-refractivity contribution in [2.45, 2.75) is 0 Å². The van der Waals surface area contributed by atoms with Gasteiger partial charge in [0.25, 0.3) is 0 Å². The average Bonchev–Trinajstić information content (AvgIpc) is 2.13. The molecule has 0 fully saturated rings. The Labute approximate surface area is 102 Å². The summed E-state index contributed by atoms with van der Waals surface area (Å²) in [5.41, 5.74) is 0. The summed E-state index contributed by atoms with van der Waals surface area (Å²) in [7, 11) is -2.74.